The Balaban J connectivity index is 2.12. The van der Waals surface area contributed by atoms with E-state index in [1.165, 1.54) is 18.6 Å². The molecular weight excluding hydrogens is 268 g/mol. The standard InChI is InChI=1S/C13H17ClN2O3/c14-10-5-4-6-11(16(17)18)12(10)19-9-13(15)7-2-1-3-8-13/h4-6H,1-3,7-9,15H2. The van der Waals surface area contributed by atoms with Gasteiger partial charge in [0.2, 0.25) is 5.75 Å². The average molecular weight is 285 g/mol. The first-order valence-corrected chi connectivity index (χ1v) is 6.74. The molecule has 1 aromatic rings. The summed E-state index contributed by atoms with van der Waals surface area (Å²) in [6.07, 6.45) is 5.09. The molecule has 2 N–H and O–H groups in total. The largest absolute Gasteiger partial charge is 0.484 e. The Morgan fingerprint density at radius 1 is 1.37 bits per heavy atom. The zero-order valence-corrected chi connectivity index (χ0v) is 11.4. The molecule has 1 aliphatic carbocycles. The van der Waals surface area contributed by atoms with Gasteiger partial charge in [-0.1, -0.05) is 36.9 Å². The number of nitrogens with zero attached hydrogens (tertiary/aromatic N) is 1. The van der Waals surface area contributed by atoms with E-state index >= 15 is 0 Å². The number of hydrogen-bond donors (Lipinski definition) is 1. The van der Waals surface area contributed by atoms with Crippen molar-refractivity contribution in [2.24, 2.45) is 5.73 Å². The number of nitro benzene ring substituents is 1. The number of benzene rings is 1. The Labute approximate surface area is 116 Å². The van der Waals surface area contributed by atoms with Gasteiger partial charge in [0.25, 0.3) is 0 Å². The van der Waals surface area contributed by atoms with E-state index in [0.717, 1.165) is 25.7 Å². The van der Waals surface area contributed by atoms with Gasteiger partial charge in [0.15, 0.2) is 0 Å². The molecular formula is C13H17ClN2O3. The van der Waals surface area contributed by atoms with Crippen LogP contribution in [0.3, 0.4) is 0 Å². The maximum absolute atomic E-state index is 10.9. The fourth-order valence-electron chi connectivity index (χ4n) is 2.40. The van der Waals surface area contributed by atoms with E-state index in [2.05, 4.69) is 0 Å². The van der Waals surface area contributed by atoms with Crippen LogP contribution in [0.25, 0.3) is 0 Å². The first-order chi connectivity index (χ1) is 9.02. The van der Waals surface area contributed by atoms with Crippen molar-refractivity contribution >= 4 is 17.3 Å². The molecule has 0 aromatic heterocycles. The lowest BCUT2D eigenvalue weighted by atomic mass is 9.83. The molecule has 19 heavy (non-hydrogen) atoms. The Hall–Kier alpha value is -1.33. The van der Waals surface area contributed by atoms with Crippen LogP contribution >= 0.6 is 11.6 Å². The fraction of sp³-hybridized carbons (Fsp3) is 0.538. The van der Waals surface area contributed by atoms with Gasteiger partial charge >= 0.3 is 5.69 Å². The Morgan fingerprint density at radius 2 is 2.05 bits per heavy atom. The molecule has 5 nitrogen and oxygen atoms in total. The molecule has 0 bridgehead atoms. The lowest BCUT2D eigenvalue weighted by molar-refractivity contribution is -0.385. The summed E-state index contributed by atoms with van der Waals surface area (Å²) in [6, 6.07) is 4.49. The number of nitro groups is 1. The van der Waals surface area contributed by atoms with Crippen LogP contribution in [0.4, 0.5) is 5.69 Å². The number of rotatable bonds is 4. The first kappa shape index (κ1) is 14.1. The summed E-state index contributed by atoms with van der Waals surface area (Å²) >= 11 is 5.97. The van der Waals surface area contributed by atoms with Crippen molar-refractivity contribution in [2.45, 2.75) is 37.6 Å². The van der Waals surface area contributed by atoms with Gasteiger partial charge < -0.3 is 10.5 Å². The van der Waals surface area contributed by atoms with Crippen LogP contribution in [0.5, 0.6) is 5.75 Å². The quantitative estimate of drug-likeness (QED) is 0.680. The van der Waals surface area contributed by atoms with Crippen molar-refractivity contribution in [1.29, 1.82) is 0 Å². The first-order valence-electron chi connectivity index (χ1n) is 6.36. The lowest BCUT2D eigenvalue weighted by Crippen LogP contribution is -2.47. The number of ether oxygens (including phenoxy) is 1. The maximum atomic E-state index is 10.9. The van der Waals surface area contributed by atoms with Crippen LogP contribution in [0.15, 0.2) is 18.2 Å². The van der Waals surface area contributed by atoms with Crippen molar-refractivity contribution in [3.05, 3.63) is 33.3 Å². The summed E-state index contributed by atoms with van der Waals surface area (Å²) in [5.41, 5.74) is 5.73. The van der Waals surface area contributed by atoms with Crippen molar-refractivity contribution in [3.63, 3.8) is 0 Å². The minimum atomic E-state index is -0.495. The van der Waals surface area contributed by atoms with Crippen LogP contribution in [0.2, 0.25) is 5.02 Å². The second-order valence-electron chi connectivity index (χ2n) is 5.06. The highest BCUT2D eigenvalue weighted by atomic mass is 35.5. The predicted molar refractivity (Wildman–Crippen MR) is 73.6 cm³/mol. The molecule has 104 valence electrons. The smallest absolute Gasteiger partial charge is 0.312 e. The van der Waals surface area contributed by atoms with Gasteiger partial charge in [-0.2, -0.15) is 0 Å². The third-order valence-corrected chi connectivity index (χ3v) is 3.79. The summed E-state index contributed by atoms with van der Waals surface area (Å²) in [7, 11) is 0. The Kier molecular flexibility index (Phi) is 4.27. The summed E-state index contributed by atoms with van der Waals surface area (Å²) in [5, 5.41) is 11.2. The SMILES string of the molecule is NC1(COc2c(Cl)cccc2[N+](=O)[O-])CCCCC1. The Morgan fingerprint density at radius 3 is 2.68 bits per heavy atom. The molecule has 6 heteroatoms. The molecule has 0 atom stereocenters. The molecule has 1 saturated carbocycles. The van der Waals surface area contributed by atoms with E-state index in [-0.39, 0.29) is 23.1 Å². The summed E-state index contributed by atoms with van der Waals surface area (Å²) in [6.45, 7) is 0.261. The molecule has 0 unspecified atom stereocenters. The molecule has 1 aromatic carbocycles. The van der Waals surface area contributed by atoms with Gasteiger partial charge in [0.05, 0.1) is 15.5 Å². The highest BCUT2D eigenvalue weighted by Crippen LogP contribution is 2.36. The topological polar surface area (TPSA) is 78.4 Å². The molecule has 2 rings (SSSR count). The third-order valence-electron chi connectivity index (χ3n) is 3.50. The van der Waals surface area contributed by atoms with Gasteiger partial charge in [-0.3, -0.25) is 10.1 Å². The minimum absolute atomic E-state index is 0.115. The van der Waals surface area contributed by atoms with Crippen LogP contribution < -0.4 is 10.5 Å². The molecule has 0 amide bonds. The van der Waals surface area contributed by atoms with Gasteiger partial charge in [-0.25, -0.2) is 0 Å². The lowest BCUT2D eigenvalue weighted by Gasteiger charge is -2.32. The predicted octanol–water partition coefficient (Wildman–Crippen LogP) is 3.29. The molecule has 0 heterocycles. The zero-order valence-electron chi connectivity index (χ0n) is 10.6. The van der Waals surface area contributed by atoms with Gasteiger partial charge in [0.1, 0.15) is 6.61 Å². The van der Waals surface area contributed by atoms with E-state index in [4.69, 9.17) is 22.1 Å². The normalized spacial score (nSPS) is 18.0. The second-order valence-corrected chi connectivity index (χ2v) is 5.46. The average Bonchev–Trinajstić information content (AvgIpc) is 2.38. The van der Waals surface area contributed by atoms with E-state index in [9.17, 15) is 10.1 Å². The van der Waals surface area contributed by atoms with Gasteiger partial charge in [-0.05, 0) is 18.9 Å². The number of para-hydroxylation sites is 1. The summed E-state index contributed by atoms with van der Waals surface area (Å²) in [4.78, 5) is 10.4. The molecule has 1 aliphatic rings. The monoisotopic (exact) mass is 284 g/mol. The van der Waals surface area contributed by atoms with Crippen molar-refractivity contribution in [3.8, 4) is 5.75 Å². The van der Waals surface area contributed by atoms with Gasteiger partial charge in [0, 0.05) is 6.07 Å². The maximum Gasteiger partial charge on any atom is 0.312 e. The van der Waals surface area contributed by atoms with Crippen LogP contribution in [-0.2, 0) is 0 Å². The molecule has 0 aliphatic heterocycles. The molecule has 0 spiro atoms. The molecule has 1 fully saturated rings. The van der Waals surface area contributed by atoms with E-state index in [1.54, 1.807) is 6.07 Å². The van der Waals surface area contributed by atoms with E-state index in [1.807, 2.05) is 0 Å². The highest BCUT2D eigenvalue weighted by Gasteiger charge is 2.30. The van der Waals surface area contributed by atoms with E-state index in [0.29, 0.717) is 0 Å². The van der Waals surface area contributed by atoms with Crippen LogP contribution in [0, 0.1) is 10.1 Å². The van der Waals surface area contributed by atoms with Crippen molar-refractivity contribution in [2.75, 3.05) is 6.61 Å². The second kappa shape index (κ2) is 5.75. The number of nitrogens with two attached hydrogens (primary N) is 1. The fourth-order valence-corrected chi connectivity index (χ4v) is 2.62. The summed E-state index contributed by atoms with van der Waals surface area (Å²) in [5.74, 6) is 0.115. The highest BCUT2D eigenvalue weighted by molar-refractivity contribution is 6.32. The number of halogens is 1. The Bertz CT molecular complexity index is 473. The van der Waals surface area contributed by atoms with Crippen molar-refractivity contribution < 1.29 is 9.66 Å². The van der Waals surface area contributed by atoms with Crippen LogP contribution in [0.1, 0.15) is 32.1 Å². The van der Waals surface area contributed by atoms with Gasteiger partial charge in [-0.15, -0.1) is 0 Å². The minimum Gasteiger partial charge on any atom is -0.484 e. The van der Waals surface area contributed by atoms with E-state index < -0.39 is 10.5 Å². The third kappa shape index (κ3) is 3.36. The molecule has 0 saturated heterocycles. The van der Waals surface area contributed by atoms with Crippen molar-refractivity contribution in [1.82, 2.24) is 0 Å². The number of hydrogen-bond acceptors (Lipinski definition) is 4. The van der Waals surface area contributed by atoms with Crippen LogP contribution in [-0.4, -0.2) is 17.1 Å². The molecule has 0 radical (unpaired) electrons. The summed E-state index contributed by atoms with van der Waals surface area (Å²) < 4.78 is 5.57. The zero-order chi connectivity index (χ0) is 13.9.